The number of carbonyl (C=O) groups is 1. The molecule has 3 rings (SSSR count). The number of methoxy groups -OCH3 is 1. The number of para-hydroxylation sites is 1. The molecule has 0 aromatic heterocycles. The van der Waals surface area contributed by atoms with Crippen molar-refractivity contribution < 1.29 is 18.8 Å². The normalized spacial score (nSPS) is 21.5. The molecule has 2 heterocycles. The number of unbranched alkanes of at least 4 members (excludes halogenated alkanes) is 1. The Morgan fingerprint density at radius 1 is 1.17 bits per heavy atom. The van der Waals surface area contributed by atoms with Crippen molar-refractivity contribution >= 4 is 6.29 Å². The summed E-state index contributed by atoms with van der Waals surface area (Å²) >= 11 is 0. The van der Waals surface area contributed by atoms with Crippen LogP contribution in [-0.4, -0.2) is 101 Å². The monoisotopic (exact) mass is 568 g/mol. The number of hydrogen-bond acceptors (Lipinski definition) is 5. The number of quaternary nitrogens is 1. The molecule has 1 aromatic rings. The van der Waals surface area contributed by atoms with E-state index in [2.05, 4.69) is 88.3 Å². The third kappa shape index (κ3) is 13.4. The fraction of sp³-hybridized carbons (Fsp3) is 0.629. The lowest BCUT2D eigenvalue weighted by Crippen LogP contribution is -2.37. The minimum Gasteiger partial charge on any atom is -0.496 e. The first-order chi connectivity index (χ1) is 19.7. The lowest BCUT2D eigenvalue weighted by molar-refractivity contribution is -0.870. The first-order valence-electron chi connectivity index (χ1n) is 15.7. The van der Waals surface area contributed by atoms with Gasteiger partial charge < -0.3 is 23.7 Å². The summed E-state index contributed by atoms with van der Waals surface area (Å²) in [5, 5.41) is 0. The van der Waals surface area contributed by atoms with Crippen molar-refractivity contribution in [3.05, 3.63) is 65.5 Å². The van der Waals surface area contributed by atoms with Gasteiger partial charge in [0.1, 0.15) is 17.8 Å². The number of aldehydes is 1. The summed E-state index contributed by atoms with van der Waals surface area (Å²) in [6.45, 7) is 10.3. The molecule has 41 heavy (non-hydrogen) atoms. The number of carbonyl (C=O) groups excluding carboxylic acids is 1. The number of rotatable bonds is 15. The molecule has 0 saturated carbocycles. The van der Waals surface area contributed by atoms with Crippen LogP contribution in [-0.2, 0) is 16.0 Å². The lowest BCUT2D eigenvalue weighted by atomic mass is 9.99. The van der Waals surface area contributed by atoms with Gasteiger partial charge in [-0.1, -0.05) is 49.8 Å². The summed E-state index contributed by atoms with van der Waals surface area (Å²) in [7, 11) is 10.7. The first kappa shape index (κ1) is 34.8. The standard InChI is InChI=1S/C24H31NO3.C11H27N2/c1-3-20-13-16-28-24(20)10-6-7-19-17-22(25(18-19)14-15-26)12-11-21-8-4-5-9-23(21)27-2;1-6-7-9-12(2)10-8-11-13(3,4)5/h3-10,15,19,22H,11-14,16-18H2,1-2H3;6-11H2,1-5H3/q;+1/b7-6+,20-3-,24-10+;. The van der Waals surface area contributed by atoms with E-state index in [1.165, 1.54) is 50.0 Å². The van der Waals surface area contributed by atoms with E-state index in [4.69, 9.17) is 9.47 Å². The number of benzene rings is 1. The van der Waals surface area contributed by atoms with E-state index in [9.17, 15) is 4.79 Å². The molecule has 0 radical (unpaired) electrons. The summed E-state index contributed by atoms with van der Waals surface area (Å²) in [4.78, 5) is 15.9. The largest absolute Gasteiger partial charge is 0.496 e. The molecule has 230 valence electrons. The van der Waals surface area contributed by atoms with Crippen molar-refractivity contribution in [3.63, 3.8) is 0 Å². The molecule has 2 aliphatic heterocycles. The lowest BCUT2D eigenvalue weighted by Gasteiger charge is -2.25. The number of hydrogen-bond donors (Lipinski definition) is 0. The second-order valence-corrected chi connectivity index (χ2v) is 12.5. The first-order valence-corrected chi connectivity index (χ1v) is 15.7. The van der Waals surface area contributed by atoms with Crippen molar-refractivity contribution in [1.82, 2.24) is 9.80 Å². The fourth-order valence-corrected chi connectivity index (χ4v) is 5.60. The van der Waals surface area contributed by atoms with Crippen molar-refractivity contribution in [2.75, 3.05) is 74.6 Å². The van der Waals surface area contributed by atoms with E-state index in [-0.39, 0.29) is 0 Å². The zero-order valence-corrected chi connectivity index (χ0v) is 27.1. The van der Waals surface area contributed by atoms with Gasteiger partial charge in [-0.25, -0.2) is 0 Å². The number of likely N-dealkylation sites (tertiary alicyclic amines) is 1. The maximum Gasteiger partial charge on any atom is 0.133 e. The summed E-state index contributed by atoms with van der Waals surface area (Å²) in [6.07, 6.45) is 17.6. The van der Waals surface area contributed by atoms with Crippen LogP contribution in [0, 0.1) is 5.92 Å². The highest BCUT2D eigenvalue weighted by Crippen LogP contribution is 2.29. The molecule has 2 unspecified atom stereocenters. The van der Waals surface area contributed by atoms with Crippen LogP contribution >= 0.6 is 0 Å². The highest BCUT2D eigenvalue weighted by atomic mass is 16.5. The van der Waals surface area contributed by atoms with E-state index in [1.54, 1.807) is 7.11 Å². The van der Waals surface area contributed by atoms with Gasteiger partial charge in [0.2, 0.25) is 0 Å². The summed E-state index contributed by atoms with van der Waals surface area (Å²) in [6, 6.07) is 8.61. The van der Waals surface area contributed by atoms with Crippen LogP contribution < -0.4 is 4.74 Å². The highest BCUT2D eigenvalue weighted by Gasteiger charge is 2.30. The summed E-state index contributed by atoms with van der Waals surface area (Å²) in [5.41, 5.74) is 2.52. The average molecular weight is 569 g/mol. The quantitative estimate of drug-likeness (QED) is 0.188. The Hall–Kier alpha value is -2.41. The molecule has 1 aromatic carbocycles. The predicted molar refractivity (Wildman–Crippen MR) is 172 cm³/mol. The molecule has 0 N–H and O–H groups in total. The number of nitrogens with zero attached hydrogens (tertiary/aromatic N) is 3. The van der Waals surface area contributed by atoms with Crippen molar-refractivity contribution in [3.8, 4) is 5.75 Å². The third-order valence-electron chi connectivity index (χ3n) is 8.00. The second-order valence-electron chi connectivity index (χ2n) is 12.5. The summed E-state index contributed by atoms with van der Waals surface area (Å²) in [5.74, 6) is 2.41. The van der Waals surface area contributed by atoms with Gasteiger partial charge in [0.05, 0.1) is 47.9 Å². The van der Waals surface area contributed by atoms with Gasteiger partial charge >= 0.3 is 0 Å². The molecule has 0 bridgehead atoms. The molecule has 6 nitrogen and oxygen atoms in total. The van der Waals surface area contributed by atoms with E-state index in [0.717, 1.165) is 61.1 Å². The molecule has 0 amide bonds. The van der Waals surface area contributed by atoms with E-state index >= 15 is 0 Å². The van der Waals surface area contributed by atoms with Gasteiger partial charge in [0.25, 0.3) is 0 Å². The highest BCUT2D eigenvalue weighted by molar-refractivity contribution is 5.52. The zero-order valence-electron chi connectivity index (χ0n) is 27.1. The van der Waals surface area contributed by atoms with Gasteiger partial charge in [-0.3, -0.25) is 4.90 Å². The second kappa shape index (κ2) is 18.9. The SMILES string of the molecule is C/C=C1/CCO/C1=C/C=C/C1CC(CCc2ccccc2OC)N(CC=O)C1.CCCCN(C)CCC[N+](C)(C)C. The minimum absolute atomic E-state index is 0.422. The van der Waals surface area contributed by atoms with E-state index in [0.29, 0.717) is 18.5 Å². The average Bonchev–Trinajstić information content (AvgIpc) is 3.57. The summed E-state index contributed by atoms with van der Waals surface area (Å²) < 4.78 is 12.2. The fourth-order valence-electron chi connectivity index (χ4n) is 5.60. The van der Waals surface area contributed by atoms with Gasteiger partial charge in [0.15, 0.2) is 0 Å². The van der Waals surface area contributed by atoms with Crippen molar-refractivity contribution in [1.29, 1.82) is 0 Å². The number of aryl methyl sites for hydroxylation is 1. The van der Waals surface area contributed by atoms with Crippen LogP contribution in [0.25, 0.3) is 0 Å². The van der Waals surface area contributed by atoms with Crippen molar-refractivity contribution in [2.24, 2.45) is 5.92 Å². The Morgan fingerprint density at radius 2 is 1.93 bits per heavy atom. The predicted octanol–water partition coefficient (Wildman–Crippen LogP) is 6.14. The maximum atomic E-state index is 11.1. The Morgan fingerprint density at radius 3 is 2.61 bits per heavy atom. The number of allylic oxidation sites excluding steroid dienone is 4. The van der Waals surface area contributed by atoms with Crippen LogP contribution in [0.4, 0.5) is 0 Å². The van der Waals surface area contributed by atoms with Gasteiger partial charge in [-0.2, -0.15) is 0 Å². The van der Waals surface area contributed by atoms with Crippen LogP contribution in [0.3, 0.4) is 0 Å². The Labute approximate surface area is 251 Å². The van der Waals surface area contributed by atoms with E-state index < -0.39 is 0 Å². The van der Waals surface area contributed by atoms with Crippen LogP contribution in [0.5, 0.6) is 5.75 Å². The molecule has 6 heteroatoms. The van der Waals surface area contributed by atoms with Gasteiger partial charge in [0, 0.05) is 32.0 Å². The molecule has 2 atom stereocenters. The molecule has 0 aliphatic carbocycles. The molecular formula is C35H58N3O3+. The maximum absolute atomic E-state index is 11.1. The van der Waals surface area contributed by atoms with Gasteiger partial charge in [-0.05, 0) is 75.4 Å². The number of ether oxygens (including phenoxy) is 2. The van der Waals surface area contributed by atoms with Crippen LogP contribution in [0.15, 0.2) is 59.9 Å². The molecule has 2 saturated heterocycles. The van der Waals surface area contributed by atoms with E-state index in [1.807, 2.05) is 12.1 Å². The smallest absolute Gasteiger partial charge is 0.133 e. The third-order valence-corrected chi connectivity index (χ3v) is 8.00. The molecule has 2 fully saturated rings. The minimum atomic E-state index is 0.422. The van der Waals surface area contributed by atoms with Crippen molar-refractivity contribution in [2.45, 2.75) is 64.8 Å². The molecule has 0 spiro atoms. The Bertz CT molecular complexity index is 979. The molecular weight excluding hydrogens is 510 g/mol. The van der Waals surface area contributed by atoms with Crippen LogP contribution in [0.2, 0.25) is 0 Å². The van der Waals surface area contributed by atoms with Gasteiger partial charge in [-0.15, -0.1) is 0 Å². The topological polar surface area (TPSA) is 42.0 Å². The molecule has 2 aliphatic rings. The van der Waals surface area contributed by atoms with Crippen LogP contribution in [0.1, 0.15) is 57.9 Å². The Balaban J connectivity index is 0.000000383. The Kier molecular flexibility index (Phi) is 16.0. The zero-order chi connectivity index (χ0) is 30.1.